The fourth-order valence-corrected chi connectivity index (χ4v) is 8.91. The number of nitrogen functional groups attached to an aromatic ring is 1. The number of fused-ring (bicyclic) bond motifs is 3. The predicted molar refractivity (Wildman–Crippen MR) is 181 cm³/mol. The van der Waals surface area contributed by atoms with Crippen LogP contribution in [0, 0.1) is 28.9 Å². The van der Waals surface area contributed by atoms with Crippen molar-refractivity contribution in [3.05, 3.63) is 41.0 Å². The maximum Gasteiger partial charge on any atom is 0.417 e. The van der Waals surface area contributed by atoms with Crippen molar-refractivity contribution in [2.24, 2.45) is 5.92 Å². The third-order valence-electron chi connectivity index (χ3n) is 10.5. The number of rotatable bonds is 7. The molecule has 0 aliphatic carbocycles. The van der Waals surface area contributed by atoms with Crippen LogP contribution in [0.15, 0.2) is 18.2 Å². The fourth-order valence-electron chi connectivity index (χ4n) is 7.96. The number of hydrogen-bond donors (Lipinski definition) is 1. The highest BCUT2D eigenvalue weighted by Crippen LogP contribution is 2.48. The Morgan fingerprint density at radius 1 is 1.24 bits per heavy atom. The van der Waals surface area contributed by atoms with Crippen molar-refractivity contribution in [1.29, 1.82) is 5.26 Å². The Hall–Kier alpha value is -4.36. The molecule has 51 heavy (non-hydrogen) atoms. The molecular formula is C35H35F6N7O2S. The Kier molecular flexibility index (Phi) is 8.73. The van der Waals surface area contributed by atoms with Crippen molar-refractivity contribution >= 4 is 49.1 Å². The van der Waals surface area contributed by atoms with Crippen molar-refractivity contribution in [2.45, 2.75) is 63.5 Å². The van der Waals surface area contributed by atoms with E-state index in [2.05, 4.69) is 9.97 Å². The zero-order valence-corrected chi connectivity index (χ0v) is 28.9. The molecule has 2 aromatic heterocycles. The van der Waals surface area contributed by atoms with Gasteiger partial charge in [0.15, 0.2) is 5.82 Å². The summed E-state index contributed by atoms with van der Waals surface area (Å²) >= 11 is 0.680. The first-order chi connectivity index (χ1) is 24.1. The number of hydrogen-bond acceptors (Lipinski definition) is 9. The van der Waals surface area contributed by atoms with Gasteiger partial charge in [-0.3, -0.25) is 9.69 Å². The number of anilines is 2. The van der Waals surface area contributed by atoms with Crippen LogP contribution in [0.4, 0.5) is 37.2 Å². The lowest BCUT2D eigenvalue weighted by atomic mass is 9.92. The molecule has 0 radical (unpaired) electrons. The van der Waals surface area contributed by atoms with E-state index in [0.29, 0.717) is 37.3 Å². The number of likely N-dealkylation sites (tertiary alicyclic amines) is 1. The monoisotopic (exact) mass is 731 g/mol. The zero-order valence-electron chi connectivity index (χ0n) is 28.1. The second kappa shape index (κ2) is 12.7. The minimum absolute atomic E-state index is 0.0183. The molecule has 0 bridgehead atoms. The number of nitriles is 1. The Morgan fingerprint density at radius 3 is 2.71 bits per heavy atom. The standard InChI is InChI=1S/C35H35F6N7O2S/c1-17(2)32(49)47-10-7-19(15-47)46(3)31-21-11-23(35(39,40)41)26(20-5-6-24(37)29-25(20)22(13-42)30(43)51-29)27(38)28(21)44-33(45-31)50-16-34-8-4-9-48(34)14-18(36)12-34/h5-6,11,17-19H,4,7-10,12,14-16,43H2,1-3H3. The van der Waals surface area contributed by atoms with Crippen LogP contribution in [0.3, 0.4) is 0 Å². The first-order valence-corrected chi connectivity index (χ1v) is 17.5. The number of nitrogens with zero attached hydrogens (tertiary/aromatic N) is 6. The number of carbonyl (C=O) groups is 1. The summed E-state index contributed by atoms with van der Waals surface area (Å²) in [6, 6.07) is 3.79. The van der Waals surface area contributed by atoms with Gasteiger partial charge in [0.25, 0.3) is 0 Å². The van der Waals surface area contributed by atoms with Gasteiger partial charge in [0.05, 0.1) is 21.4 Å². The quantitative estimate of drug-likeness (QED) is 0.204. The number of alkyl halides is 4. The summed E-state index contributed by atoms with van der Waals surface area (Å²) in [5.74, 6) is -2.59. The number of carbonyl (C=O) groups excluding carboxylic acids is 1. The third kappa shape index (κ3) is 5.87. The zero-order chi connectivity index (χ0) is 36.6. The smallest absolute Gasteiger partial charge is 0.417 e. The van der Waals surface area contributed by atoms with E-state index in [1.165, 1.54) is 0 Å². The molecule has 9 nitrogen and oxygen atoms in total. The lowest BCUT2D eigenvalue weighted by Gasteiger charge is -2.31. The number of amides is 1. The van der Waals surface area contributed by atoms with E-state index in [1.54, 1.807) is 30.7 Å². The van der Waals surface area contributed by atoms with E-state index < -0.39 is 46.2 Å². The van der Waals surface area contributed by atoms with Gasteiger partial charge >= 0.3 is 12.2 Å². The molecular weight excluding hydrogens is 696 g/mol. The van der Waals surface area contributed by atoms with Gasteiger partial charge < -0.3 is 20.3 Å². The first kappa shape index (κ1) is 35.1. The number of nitrogens with two attached hydrogens (primary N) is 1. The Bertz CT molecular complexity index is 2100. The van der Waals surface area contributed by atoms with Gasteiger partial charge in [0.1, 0.15) is 41.0 Å². The third-order valence-corrected chi connectivity index (χ3v) is 11.5. The summed E-state index contributed by atoms with van der Waals surface area (Å²) in [5.41, 5.74) is 1.88. The average Bonchev–Trinajstić information content (AvgIpc) is 3.85. The van der Waals surface area contributed by atoms with Crippen molar-refractivity contribution in [3.63, 3.8) is 0 Å². The number of likely N-dealkylation sites (N-methyl/N-ethyl adjacent to an activating group) is 1. The summed E-state index contributed by atoms with van der Waals surface area (Å²) in [6.45, 7) is 5.16. The summed E-state index contributed by atoms with van der Waals surface area (Å²) in [6.07, 6.45) is -3.97. The topological polar surface area (TPSA) is 112 Å². The lowest BCUT2D eigenvalue weighted by molar-refractivity contribution is -0.137. The summed E-state index contributed by atoms with van der Waals surface area (Å²) < 4.78 is 97.5. The lowest BCUT2D eigenvalue weighted by Crippen LogP contribution is -2.43. The maximum absolute atomic E-state index is 17.1. The molecule has 0 spiro atoms. The summed E-state index contributed by atoms with van der Waals surface area (Å²) in [4.78, 5) is 26.9. The molecule has 3 aliphatic rings. The number of ether oxygens (including phenoxy) is 1. The highest BCUT2D eigenvalue weighted by molar-refractivity contribution is 7.23. The molecule has 5 heterocycles. The van der Waals surface area contributed by atoms with E-state index >= 15 is 17.6 Å². The minimum Gasteiger partial charge on any atom is -0.461 e. The first-order valence-electron chi connectivity index (χ1n) is 16.7. The number of benzene rings is 2. The van der Waals surface area contributed by atoms with E-state index in [0.717, 1.165) is 24.6 Å². The highest BCUT2D eigenvalue weighted by Gasteiger charge is 2.49. The van der Waals surface area contributed by atoms with Crippen molar-refractivity contribution < 1.29 is 35.9 Å². The predicted octanol–water partition coefficient (Wildman–Crippen LogP) is 6.91. The fraction of sp³-hybridized carbons (Fsp3) is 0.486. The van der Waals surface area contributed by atoms with Crippen LogP contribution in [-0.4, -0.2) is 83.3 Å². The van der Waals surface area contributed by atoms with Crippen molar-refractivity contribution in [2.75, 3.05) is 50.5 Å². The molecule has 3 unspecified atom stereocenters. The van der Waals surface area contributed by atoms with Gasteiger partial charge in [-0.2, -0.15) is 28.4 Å². The summed E-state index contributed by atoms with van der Waals surface area (Å²) in [7, 11) is 1.61. The van der Waals surface area contributed by atoms with E-state index in [1.807, 2.05) is 11.0 Å². The van der Waals surface area contributed by atoms with Crippen molar-refractivity contribution in [1.82, 2.24) is 19.8 Å². The van der Waals surface area contributed by atoms with Gasteiger partial charge in [-0.15, -0.1) is 11.3 Å². The Balaban J connectivity index is 1.42. The van der Waals surface area contributed by atoms with E-state index in [4.69, 9.17) is 10.5 Å². The number of halogens is 6. The molecule has 1 amide bonds. The molecule has 16 heteroatoms. The molecule has 7 rings (SSSR count). The van der Waals surface area contributed by atoms with Crippen LogP contribution in [-0.2, 0) is 11.0 Å². The highest BCUT2D eigenvalue weighted by atomic mass is 32.1. The largest absolute Gasteiger partial charge is 0.461 e. The molecule has 4 aromatic rings. The second-order valence-electron chi connectivity index (χ2n) is 13.9. The molecule has 3 aliphatic heterocycles. The number of thiophene rings is 1. The van der Waals surface area contributed by atoms with Crippen LogP contribution in [0.5, 0.6) is 6.01 Å². The van der Waals surface area contributed by atoms with E-state index in [9.17, 15) is 18.8 Å². The van der Waals surface area contributed by atoms with Crippen molar-refractivity contribution in [3.8, 4) is 23.2 Å². The van der Waals surface area contributed by atoms with Gasteiger partial charge in [0.2, 0.25) is 5.91 Å². The van der Waals surface area contributed by atoms with Crippen LogP contribution >= 0.6 is 11.3 Å². The van der Waals surface area contributed by atoms with Crippen LogP contribution in [0.2, 0.25) is 0 Å². The minimum atomic E-state index is -5.12. The van der Waals surface area contributed by atoms with Gasteiger partial charge in [-0.05, 0) is 43.5 Å². The number of aromatic nitrogens is 2. The van der Waals surface area contributed by atoms with Crippen LogP contribution in [0.25, 0.3) is 32.1 Å². The summed E-state index contributed by atoms with van der Waals surface area (Å²) in [5, 5.41) is 9.20. The van der Waals surface area contributed by atoms with Gasteiger partial charge in [-0.25, -0.2) is 13.2 Å². The Morgan fingerprint density at radius 2 is 2.00 bits per heavy atom. The molecule has 2 aromatic carbocycles. The normalized spacial score (nSPS) is 22.3. The van der Waals surface area contributed by atoms with Crippen LogP contribution in [0.1, 0.15) is 50.7 Å². The molecule has 3 atom stereocenters. The van der Waals surface area contributed by atoms with Gasteiger partial charge in [-0.1, -0.05) is 19.9 Å². The van der Waals surface area contributed by atoms with Gasteiger partial charge in [0, 0.05) is 61.4 Å². The molecule has 0 saturated carbocycles. The maximum atomic E-state index is 17.1. The molecule has 270 valence electrons. The van der Waals surface area contributed by atoms with E-state index in [-0.39, 0.29) is 87.4 Å². The second-order valence-corrected chi connectivity index (χ2v) is 15.0. The van der Waals surface area contributed by atoms with Crippen LogP contribution < -0.4 is 15.4 Å². The molecule has 3 saturated heterocycles. The average molecular weight is 732 g/mol. The molecule has 3 fully saturated rings. The SMILES string of the molecule is CC(C)C(=O)N1CCC(N(C)c2nc(OCC34CCCN3CC(F)C4)nc3c(F)c(-c4ccc(F)c5sc(N)c(C#N)c45)c(C(F)(F)F)cc23)C1. The molecule has 2 N–H and O–H groups in total. The Labute approximate surface area is 293 Å².